The maximum atomic E-state index is 10.9. The smallest absolute Gasteiger partial charge is 0.292 e. The summed E-state index contributed by atoms with van der Waals surface area (Å²) in [4.78, 5) is 10.5. The monoisotopic (exact) mass is 270 g/mol. The van der Waals surface area contributed by atoms with Crippen LogP contribution in [-0.4, -0.2) is 28.9 Å². The molecule has 1 atom stereocenters. The second-order valence-electron chi connectivity index (χ2n) is 3.99. The van der Waals surface area contributed by atoms with Crippen molar-refractivity contribution in [3.8, 4) is 0 Å². The molecule has 0 fully saturated rings. The first-order chi connectivity index (χ1) is 8.58. The van der Waals surface area contributed by atoms with Gasteiger partial charge in [-0.05, 0) is 18.1 Å². The summed E-state index contributed by atoms with van der Waals surface area (Å²) in [7, 11) is 1.67. The van der Waals surface area contributed by atoms with E-state index in [2.05, 4.69) is 5.32 Å². The normalized spacial score (nSPS) is 12.2. The minimum Gasteiger partial charge on any atom is -0.396 e. The van der Waals surface area contributed by atoms with Crippen molar-refractivity contribution in [1.82, 2.24) is 0 Å². The quantitative estimate of drug-likeness (QED) is 0.588. The number of anilines is 1. The summed E-state index contributed by atoms with van der Waals surface area (Å²) in [6, 6.07) is 5.22. The summed E-state index contributed by atoms with van der Waals surface area (Å²) in [6.45, 7) is 2.21. The summed E-state index contributed by atoms with van der Waals surface area (Å²) in [6.07, 6.45) is 0.737. The SMILES string of the molecule is CNc1ccc(CSC(C)CCO)cc1[N+](=O)[O-]. The molecule has 1 aromatic rings. The topological polar surface area (TPSA) is 75.4 Å². The maximum absolute atomic E-state index is 10.9. The van der Waals surface area contributed by atoms with Crippen LogP contribution in [-0.2, 0) is 5.75 Å². The van der Waals surface area contributed by atoms with Gasteiger partial charge >= 0.3 is 0 Å². The van der Waals surface area contributed by atoms with Crippen LogP contribution in [0.5, 0.6) is 0 Å². The van der Waals surface area contributed by atoms with Crippen LogP contribution in [0.25, 0.3) is 0 Å². The highest BCUT2D eigenvalue weighted by Gasteiger charge is 2.13. The molecular formula is C12H18N2O3S. The number of benzene rings is 1. The van der Waals surface area contributed by atoms with Crippen LogP contribution in [0.2, 0.25) is 0 Å². The van der Waals surface area contributed by atoms with Crippen LogP contribution in [0.3, 0.4) is 0 Å². The van der Waals surface area contributed by atoms with Gasteiger partial charge in [-0.15, -0.1) is 0 Å². The number of nitrogens with one attached hydrogen (secondary N) is 1. The van der Waals surface area contributed by atoms with Crippen molar-refractivity contribution in [2.45, 2.75) is 24.3 Å². The molecule has 100 valence electrons. The highest BCUT2D eigenvalue weighted by Crippen LogP contribution is 2.28. The second-order valence-corrected chi connectivity index (χ2v) is 5.42. The predicted octanol–water partition coefficient (Wildman–Crippen LogP) is 2.64. The molecule has 0 bridgehead atoms. The molecule has 0 aliphatic carbocycles. The lowest BCUT2D eigenvalue weighted by atomic mass is 10.2. The third-order valence-corrected chi connectivity index (χ3v) is 3.90. The standard InChI is InChI=1S/C12H18N2O3S/c1-9(5-6-15)18-8-10-3-4-11(13-2)12(7-10)14(16)17/h3-4,7,9,13,15H,5-6,8H2,1-2H3. The van der Waals surface area contributed by atoms with Gasteiger partial charge in [0.1, 0.15) is 5.69 Å². The predicted molar refractivity (Wildman–Crippen MR) is 75.1 cm³/mol. The van der Waals surface area contributed by atoms with E-state index in [4.69, 9.17) is 5.11 Å². The van der Waals surface area contributed by atoms with Gasteiger partial charge in [-0.2, -0.15) is 11.8 Å². The molecule has 0 aromatic heterocycles. The van der Waals surface area contributed by atoms with E-state index in [1.807, 2.05) is 13.0 Å². The highest BCUT2D eigenvalue weighted by atomic mass is 32.2. The fraction of sp³-hybridized carbons (Fsp3) is 0.500. The molecule has 1 rings (SSSR count). The van der Waals surface area contributed by atoms with E-state index in [1.165, 1.54) is 0 Å². The number of hydrogen-bond donors (Lipinski definition) is 2. The third-order valence-electron chi connectivity index (χ3n) is 2.60. The molecule has 0 aliphatic rings. The van der Waals surface area contributed by atoms with E-state index in [1.54, 1.807) is 30.9 Å². The van der Waals surface area contributed by atoms with Gasteiger partial charge in [0.2, 0.25) is 0 Å². The lowest BCUT2D eigenvalue weighted by Gasteiger charge is -2.10. The van der Waals surface area contributed by atoms with Crippen molar-refractivity contribution >= 4 is 23.1 Å². The molecule has 0 heterocycles. The molecule has 0 spiro atoms. The Morgan fingerprint density at radius 2 is 2.28 bits per heavy atom. The molecule has 1 aromatic carbocycles. The Kier molecular flexibility index (Phi) is 5.94. The van der Waals surface area contributed by atoms with Crippen LogP contribution in [0.1, 0.15) is 18.9 Å². The van der Waals surface area contributed by atoms with Gasteiger partial charge in [-0.25, -0.2) is 0 Å². The van der Waals surface area contributed by atoms with Crippen molar-refractivity contribution in [3.05, 3.63) is 33.9 Å². The molecule has 0 aliphatic heterocycles. The number of rotatable bonds is 7. The number of aliphatic hydroxyl groups is 1. The summed E-state index contributed by atoms with van der Waals surface area (Å²) in [5.74, 6) is 0.714. The maximum Gasteiger partial charge on any atom is 0.292 e. The largest absolute Gasteiger partial charge is 0.396 e. The molecule has 0 radical (unpaired) electrons. The Balaban J connectivity index is 2.73. The zero-order valence-electron chi connectivity index (χ0n) is 10.5. The molecule has 0 saturated heterocycles. The first kappa shape index (κ1) is 14.8. The molecule has 2 N–H and O–H groups in total. The molecule has 1 unspecified atom stereocenters. The van der Waals surface area contributed by atoms with Crippen LogP contribution >= 0.6 is 11.8 Å². The van der Waals surface area contributed by atoms with E-state index in [0.717, 1.165) is 12.0 Å². The molecule has 0 saturated carbocycles. The minimum atomic E-state index is -0.378. The zero-order valence-corrected chi connectivity index (χ0v) is 11.4. The average Bonchev–Trinajstić information content (AvgIpc) is 2.36. The van der Waals surface area contributed by atoms with E-state index >= 15 is 0 Å². The number of nitro groups is 1. The number of nitrogens with zero attached hydrogens (tertiary/aromatic N) is 1. The van der Waals surface area contributed by atoms with Crippen molar-refractivity contribution in [2.75, 3.05) is 19.0 Å². The van der Waals surface area contributed by atoms with Gasteiger partial charge in [0.25, 0.3) is 5.69 Å². The summed E-state index contributed by atoms with van der Waals surface area (Å²) >= 11 is 1.68. The Morgan fingerprint density at radius 3 is 2.83 bits per heavy atom. The number of nitro benzene ring substituents is 1. The van der Waals surface area contributed by atoms with Crippen LogP contribution in [0, 0.1) is 10.1 Å². The van der Waals surface area contributed by atoms with E-state index < -0.39 is 0 Å². The van der Waals surface area contributed by atoms with E-state index in [-0.39, 0.29) is 17.2 Å². The highest BCUT2D eigenvalue weighted by molar-refractivity contribution is 7.99. The van der Waals surface area contributed by atoms with Crippen LogP contribution in [0.4, 0.5) is 11.4 Å². The third kappa shape index (κ3) is 4.19. The van der Waals surface area contributed by atoms with E-state index in [0.29, 0.717) is 16.7 Å². The Morgan fingerprint density at radius 1 is 1.56 bits per heavy atom. The van der Waals surface area contributed by atoms with E-state index in [9.17, 15) is 10.1 Å². The molecular weight excluding hydrogens is 252 g/mol. The van der Waals surface area contributed by atoms with Gasteiger partial charge in [-0.3, -0.25) is 10.1 Å². The molecule has 5 nitrogen and oxygen atoms in total. The fourth-order valence-corrected chi connectivity index (χ4v) is 2.46. The lowest BCUT2D eigenvalue weighted by molar-refractivity contribution is -0.384. The Labute approximate surface area is 111 Å². The van der Waals surface area contributed by atoms with Gasteiger partial charge < -0.3 is 10.4 Å². The number of hydrogen-bond acceptors (Lipinski definition) is 5. The first-order valence-corrected chi connectivity index (χ1v) is 6.81. The summed E-state index contributed by atoms with van der Waals surface area (Å²) < 4.78 is 0. The second kappa shape index (κ2) is 7.23. The summed E-state index contributed by atoms with van der Waals surface area (Å²) in [5.41, 5.74) is 1.55. The lowest BCUT2D eigenvalue weighted by Crippen LogP contribution is -2.01. The van der Waals surface area contributed by atoms with Gasteiger partial charge in [0.05, 0.1) is 4.92 Å². The van der Waals surface area contributed by atoms with Gasteiger partial charge in [0, 0.05) is 30.7 Å². The fourth-order valence-electron chi connectivity index (χ4n) is 1.53. The van der Waals surface area contributed by atoms with Crippen molar-refractivity contribution in [3.63, 3.8) is 0 Å². The van der Waals surface area contributed by atoms with Crippen molar-refractivity contribution in [1.29, 1.82) is 0 Å². The molecule has 0 amide bonds. The average molecular weight is 270 g/mol. The number of aliphatic hydroxyl groups excluding tert-OH is 1. The van der Waals surface area contributed by atoms with Crippen LogP contribution in [0.15, 0.2) is 18.2 Å². The van der Waals surface area contributed by atoms with Crippen molar-refractivity contribution in [2.24, 2.45) is 0 Å². The first-order valence-electron chi connectivity index (χ1n) is 5.76. The van der Waals surface area contributed by atoms with Gasteiger partial charge in [0.15, 0.2) is 0 Å². The van der Waals surface area contributed by atoms with Crippen molar-refractivity contribution < 1.29 is 10.0 Å². The summed E-state index contributed by atoms with van der Waals surface area (Å²) in [5, 5.41) is 22.9. The number of thioether (sulfide) groups is 1. The Bertz CT molecular complexity index is 412. The molecule has 18 heavy (non-hydrogen) atoms. The molecule has 6 heteroatoms. The zero-order chi connectivity index (χ0) is 13.5. The van der Waals surface area contributed by atoms with Crippen LogP contribution < -0.4 is 5.32 Å². The Hall–Kier alpha value is -1.27. The van der Waals surface area contributed by atoms with Gasteiger partial charge in [-0.1, -0.05) is 13.0 Å². The minimum absolute atomic E-state index is 0.102.